The zero-order valence-corrected chi connectivity index (χ0v) is 18.5. The van der Waals surface area contributed by atoms with Gasteiger partial charge < -0.3 is 20.1 Å². The van der Waals surface area contributed by atoms with Crippen molar-refractivity contribution in [3.8, 4) is 11.5 Å². The first kappa shape index (κ1) is 24.5. The van der Waals surface area contributed by atoms with Crippen molar-refractivity contribution in [1.82, 2.24) is 10.6 Å². The summed E-state index contributed by atoms with van der Waals surface area (Å²) in [6.45, 7) is 5.46. The van der Waals surface area contributed by atoms with E-state index in [2.05, 4.69) is 10.6 Å². The van der Waals surface area contributed by atoms with Crippen molar-refractivity contribution >= 4 is 28.2 Å². The molecule has 1 unspecified atom stereocenters. The molecule has 0 aromatic heterocycles. The number of hydrogen-bond acceptors (Lipinski definition) is 6. The maximum Gasteiger partial charge on any atom is 0.242 e. The molecule has 0 spiro atoms. The zero-order valence-electron chi connectivity index (χ0n) is 16.9. The monoisotopic (exact) mass is 434 g/mol. The van der Waals surface area contributed by atoms with E-state index in [4.69, 9.17) is 9.47 Å². The average Bonchev–Trinajstić information content (AvgIpc) is 2.65. The molecule has 1 fully saturated rings. The minimum Gasteiger partial charge on any atom is -0.493 e. The highest BCUT2D eigenvalue weighted by molar-refractivity contribution is 7.92. The van der Waals surface area contributed by atoms with Crippen molar-refractivity contribution in [2.24, 2.45) is 0 Å². The number of carbonyl (C=O) groups excluding carboxylic acids is 1. The van der Waals surface area contributed by atoms with Gasteiger partial charge in [-0.2, -0.15) is 0 Å². The first-order valence-electron chi connectivity index (χ1n) is 9.27. The van der Waals surface area contributed by atoms with Gasteiger partial charge in [0, 0.05) is 6.26 Å². The molecular weight excluding hydrogens is 404 g/mol. The van der Waals surface area contributed by atoms with Crippen molar-refractivity contribution in [2.45, 2.75) is 43.9 Å². The Morgan fingerprint density at radius 1 is 1.29 bits per heavy atom. The van der Waals surface area contributed by atoms with Crippen LogP contribution < -0.4 is 20.1 Å². The molecule has 1 atom stereocenters. The van der Waals surface area contributed by atoms with E-state index in [0.717, 1.165) is 18.2 Å². The number of methoxy groups -OCH3 is 1. The SMILES string of the molecule is CCCOc1ccc(C(C)NC(=O)C2(S(C)(=O)=O)CCNCC2)cc1OC.Cl. The predicted octanol–water partition coefficient (Wildman–Crippen LogP) is 2.25. The van der Waals surface area contributed by atoms with Crippen LogP contribution in [0, 0.1) is 0 Å². The zero-order chi connectivity index (χ0) is 20.1. The summed E-state index contributed by atoms with van der Waals surface area (Å²) in [5.41, 5.74) is 0.821. The van der Waals surface area contributed by atoms with Gasteiger partial charge in [0.2, 0.25) is 5.91 Å². The standard InChI is InChI=1S/C19H30N2O5S.ClH/c1-5-12-26-16-7-6-15(13-17(16)25-3)14(2)21-18(22)19(27(4,23)24)8-10-20-11-9-19;/h6-7,13-14,20H,5,8-12H2,1-4H3,(H,21,22);1H. The summed E-state index contributed by atoms with van der Waals surface area (Å²) < 4.78 is 34.4. The third-order valence-electron chi connectivity index (χ3n) is 5.03. The molecule has 1 aliphatic rings. The molecule has 0 saturated carbocycles. The van der Waals surface area contributed by atoms with E-state index in [-0.39, 0.29) is 31.3 Å². The second-order valence-electron chi connectivity index (χ2n) is 6.97. The summed E-state index contributed by atoms with van der Waals surface area (Å²) in [5, 5.41) is 6.00. The second kappa shape index (κ2) is 10.3. The number of piperidine rings is 1. The van der Waals surface area contributed by atoms with E-state index >= 15 is 0 Å². The van der Waals surface area contributed by atoms with E-state index in [1.54, 1.807) is 7.11 Å². The van der Waals surface area contributed by atoms with Gasteiger partial charge in [-0.25, -0.2) is 8.42 Å². The van der Waals surface area contributed by atoms with E-state index in [9.17, 15) is 13.2 Å². The number of benzene rings is 1. The summed E-state index contributed by atoms with van der Waals surface area (Å²) in [5.74, 6) is 0.790. The van der Waals surface area contributed by atoms with Crippen LogP contribution in [-0.2, 0) is 14.6 Å². The van der Waals surface area contributed by atoms with Crippen molar-refractivity contribution in [3.05, 3.63) is 23.8 Å². The summed E-state index contributed by atoms with van der Waals surface area (Å²) >= 11 is 0. The molecule has 1 saturated heterocycles. The van der Waals surface area contributed by atoms with Crippen LogP contribution in [0.15, 0.2) is 18.2 Å². The van der Waals surface area contributed by atoms with Crippen molar-refractivity contribution < 1.29 is 22.7 Å². The smallest absolute Gasteiger partial charge is 0.242 e. The minimum atomic E-state index is -3.54. The van der Waals surface area contributed by atoms with Gasteiger partial charge in [0.15, 0.2) is 26.1 Å². The lowest BCUT2D eigenvalue weighted by molar-refractivity contribution is -0.125. The van der Waals surface area contributed by atoms with Gasteiger partial charge in [-0.15, -0.1) is 12.4 Å². The van der Waals surface area contributed by atoms with Gasteiger partial charge >= 0.3 is 0 Å². The Morgan fingerprint density at radius 2 is 1.93 bits per heavy atom. The summed E-state index contributed by atoms with van der Waals surface area (Å²) in [7, 11) is -1.98. The lowest BCUT2D eigenvalue weighted by atomic mass is 9.95. The predicted molar refractivity (Wildman–Crippen MR) is 112 cm³/mol. The van der Waals surface area contributed by atoms with E-state index in [0.29, 0.717) is 31.2 Å². The Hall–Kier alpha value is -1.51. The number of halogens is 1. The number of ether oxygens (including phenoxy) is 2. The van der Waals surface area contributed by atoms with E-state index in [1.165, 1.54) is 0 Å². The van der Waals surface area contributed by atoms with Gasteiger partial charge in [-0.3, -0.25) is 4.79 Å². The quantitative estimate of drug-likeness (QED) is 0.651. The topological polar surface area (TPSA) is 93.7 Å². The van der Waals surface area contributed by atoms with Crippen LogP contribution in [0.2, 0.25) is 0 Å². The van der Waals surface area contributed by atoms with Crippen LogP contribution in [-0.4, -0.2) is 52.1 Å². The van der Waals surface area contributed by atoms with Crippen LogP contribution in [0.25, 0.3) is 0 Å². The molecule has 1 aromatic rings. The molecule has 1 aromatic carbocycles. The van der Waals surface area contributed by atoms with Crippen molar-refractivity contribution in [1.29, 1.82) is 0 Å². The number of hydrogen-bond donors (Lipinski definition) is 2. The number of carbonyl (C=O) groups is 1. The van der Waals surface area contributed by atoms with Crippen LogP contribution in [0.5, 0.6) is 11.5 Å². The average molecular weight is 435 g/mol. The Kier molecular flexibility index (Phi) is 9.04. The summed E-state index contributed by atoms with van der Waals surface area (Å²) in [4.78, 5) is 12.9. The van der Waals surface area contributed by atoms with Gasteiger partial charge in [-0.05, 0) is 57.0 Å². The third kappa shape index (κ3) is 5.30. The molecule has 1 aliphatic heterocycles. The lowest BCUT2D eigenvalue weighted by Gasteiger charge is -2.35. The number of rotatable bonds is 8. The number of amides is 1. The lowest BCUT2D eigenvalue weighted by Crippen LogP contribution is -2.57. The van der Waals surface area contributed by atoms with Gasteiger partial charge in [0.1, 0.15) is 0 Å². The molecule has 2 rings (SSSR count). The molecule has 2 N–H and O–H groups in total. The summed E-state index contributed by atoms with van der Waals surface area (Å²) in [6, 6.07) is 5.11. The number of sulfone groups is 1. The Balaban J connectivity index is 0.00000392. The first-order chi connectivity index (χ1) is 12.7. The Bertz CT molecular complexity index is 764. The largest absolute Gasteiger partial charge is 0.493 e. The Morgan fingerprint density at radius 3 is 2.46 bits per heavy atom. The van der Waals surface area contributed by atoms with E-state index < -0.39 is 20.5 Å². The maximum atomic E-state index is 12.9. The van der Waals surface area contributed by atoms with Gasteiger partial charge in [-0.1, -0.05) is 13.0 Å². The normalized spacial score (nSPS) is 17.1. The molecule has 28 heavy (non-hydrogen) atoms. The molecule has 7 nitrogen and oxygen atoms in total. The fourth-order valence-corrected chi connectivity index (χ4v) is 4.63. The highest BCUT2D eigenvalue weighted by atomic mass is 35.5. The molecule has 0 bridgehead atoms. The first-order valence-corrected chi connectivity index (χ1v) is 11.2. The van der Waals surface area contributed by atoms with Gasteiger partial charge in [0.05, 0.1) is 19.8 Å². The molecular formula is C19H31ClN2O5S. The molecule has 0 aliphatic carbocycles. The van der Waals surface area contributed by atoms with E-state index in [1.807, 2.05) is 32.0 Å². The Labute approximate surface area is 173 Å². The fourth-order valence-electron chi connectivity index (χ4n) is 3.29. The van der Waals surface area contributed by atoms with Crippen LogP contribution in [0.1, 0.15) is 44.7 Å². The van der Waals surface area contributed by atoms with Crippen molar-refractivity contribution in [3.63, 3.8) is 0 Å². The second-order valence-corrected chi connectivity index (χ2v) is 9.30. The van der Waals surface area contributed by atoms with Gasteiger partial charge in [0.25, 0.3) is 0 Å². The number of nitrogens with one attached hydrogen (secondary N) is 2. The maximum absolute atomic E-state index is 12.9. The molecule has 1 amide bonds. The molecule has 0 radical (unpaired) electrons. The highest BCUT2D eigenvalue weighted by Crippen LogP contribution is 2.32. The molecule has 9 heteroatoms. The highest BCUT2D eigenvalue weighted by Gasteiger charge is 2.48. The molecule has 1 heterocycles. The third-order valence-corrected chi connectivity index (χ3v) is 7.04. The summed E-state index contributed by atoms with van der Waals surface area (Å²) in [6.07, 6.45) is 2.58. The molecule has 160 valence electrons. The fraction of sp³-hybridized carbons (Fsp3) is 0.632. The van der Waals surface area contributed by atoms with Crippen LogP contribution in [0.4, 0.5) is 0 Å². The minimum absolute atomic E-state index is 0. The van der Waals surface area contributed by atoms with Crippen molar-refractivity contribution in [2.75, 3.05) is 33.1 Å². The van der Waals surface area contributed by atoms with Crippen LogP contribution in [0.3, 0.4) is 0 Å². The van der Waals surface area contributed by atoms with Crippen LogP contribution >= 0.6 is 12.4 Å².